The lowest BCUT2D eigenvalue weighted by Crippen LogP contribution is -2.06. The predicted octanol–water partition coefficient (Wildman–Crippen LogP) is 2.22. The molecule has 0 aliphatic carbocycles. The predicted molar refractivity (Wildman–Crippen MR) is 58.4 cm³/mol. The number of ether oxygens (including phenoxy) is 1. The van der Waals surface area contributed by atoms with Crippen LogP contribution < -0.4 is 10.5 Å². The lowest BCUT2D eigenvalue weighted by atomic mass is 9.98. The van der Waals surface area contributed by atoms with Crippen LogP contribution in [0, 0.1) is 0 Å². The number of aromatic nitrogens is 1. The molecule has 74 valence electrons. The summed E-state index contributed by atoms with van der Waals surface area (Å²) in [6, 6.07) is 7.86. The highest BCUT2D eigenvalue weighted by Crippen LogP contribution is 2.37. The Balaban J connectivity index is 2.26. The lowest BCUT2D eigenvalue weighted by Gasteiger charge is -2.20. The van der Waals surface area contributed by atoms with Crippen LogP contribution in [0.4, 0.5) is 5.69 Å². The van der Waals surface area contributed by atoms with E-state index >= 15 is 0 Å². The van der Waals surface area contributed by atoms with Crippen molar-refractivity contribution in [2.24, 2.45) is 0 Å². The van der Waals surface area contributed by atoms with Gasteiger partial charge in [-0.3, -0.25) is 4.98 Å². The molecule has 2 aromatic rings. The molecule has 1 aliphatic heterocycles. The number of pyridine rings is 1. The van der Waals surface area contributed by atoms with Crippen LogP contribution in [0.1, 0.15) is 5.56 Å². The highest BCUT2D eigenvalue weighted by atomic mass is 16.5. The standard InChI is InChI=1S/C12H10N2O/c13-9-1-2-10-8(5-9)7-15-12-6-14-4-3-11(10)12/h1-6H,7,13H2. The fraction of sp³-hybridized carbons (Fsp3) is 0.0833. The zero-order chi connectivity index (χ0) is 10.3. The summed E-state index contributed by atoms with van der Waals surface area (Å²) in [6.45, 7) is 0.569. The third-order valence-corrected chi connectivity index (χ3v) is 2.59. The molecule has 0 bridgehead atoms. The summed E-state index contributed by atoms with van der Waals surface area (Å²) >= 11 is 0. The molecule has 0 amide bonds. The van der Waals surface area contributed by atoms with Crippen molar-refractivity contribution in [2.75, 3.05) is 5.73 Å². The normalized spacial score (nSPS) is 12.5. The summed E-state index contributed by atoms with van der Waals surface area (Å²) in [5.41, 5.74) is 9.92. The zero-order valence-electron chi connectivity index (χ0n) is 8.10. The molecule has 2 N–H and O–H groups in total. The Morgan fingerprint density at radius 3 is 3.07 bits per heavy atom. The Bertz CT molecular complexity index is 523. The molecular formula is C12H10N2O. The number of fused-ring (bicyclic) bond motifs is 3. The van der Waals surface area contributed by atoms with Crippen molar-refractivity contribution in [2.45, 2.75) is 6.61 Å². The number of rotatable bonds is 0. The van der Waals surface area contributed by atoms with E-state index in [2.05, 4.69) is 4.98 Å². The van der Waals surface area contributed by atoms with Gasteiger partial charge in [-0.1, -0.05) is 6.07 Å². The first-order valence-corrected chi connectivity index (χ1v) is 4.80. The van der Waals surface area contributed by atoms with Crippen LogP contribution >= 0.6 is 0 Å². The molecular weight excluding hydrogens is 188 g/mol. The number of nitrogens with zero attached hydrogens (tertiary/aromatic N) is 1. The van der Waals surface area contributed by atoms with Gasteiger partial charge in [0, 0.05) is 17.4 Å². The van der Waals surface area contributed by atoms with E-state index in [1.54, 1.807) is 12.4 Å². The first-order chi connectivity index (χ1) is 7.34. The Labute approximate surface area is 87.5 Å². The van der Waals surface area contributed by atoms with Crippen molar-refractivity contribution in [1.82, 2.24) is 4.98 Å². The van der Waals surface area contributed by atoms with Crippen LogP contribution in [0.2, 0.25) is 0 Å². The van der Waals surface area contributed by atoms with E-state index in [1.807, 2.05) is 24.3 Å². The number of benzene rings is 1. The van der Waals surface area contributed by atoms with Crippen molar-refractivity contribution in [3.63, 3.8) is 0 Å². The van der Waals surface area contributed by atoms with Crippen LogP contribution in [0.5, 0.6) is 5.75 Å². The summed E-state index contributed by atoms with van der Waals surface area (Å²) in [7, 11) is 0. The highest BCUT2D eigenvalue weighted by Gasteiger charge is 2.16. The van der Waals surface area contributed by atoms with Gasteiger partial charge >= 0.3 is 0 Å². The fourth-order valence-corrected chi connectivity index (χ4v) is 1.87. The molecule has 15 heavy (non-hydrogen) atoms. The molecule has 0 saturated heterocycles. The van der Waals surface area contributed by atoms with Crippen molar-refractivity contribution in [3.8, 4) is 16.9 Å². The van der Waals surface area contributed by atoms with Gasteiger partial charge < -0.3 is 10.5 Å². The van der Waals surface area contributed by atoms with Crippen LogP contribution in [-0.4, -0.2) is 4.98 Å². The fourth-order valence-electron chi connectivity index (χ4n) is 1.87. The summed E-state index contributed by atoms with van der Waals surface area (Å²) in [6.07, 6.45) is 3.52. The lowest BCUT2D eigenvalue weighted by molar-refractivity contribution is 0.301. The van der Waals surface area contributed by atoms with Crippen LogP contribution in [0.3, 0.4) is 0 Å². The van der Waals surface area contributed by atoms with Gasteiger partial charge in [0.25, 0.3) is 0 Å². The summed E-state index contributed by atoms with van der Waals surface area (Å²) in [5.74, 6) is 0.842. The highest BCUT2D eigenvalue weighted by molar-refractivity contribution is 5.75. The Hall–Kier alpha value is -2.03. The van der Waals surface area contributed by atoms with Gasteiger partial charge in [0.1, 0.15) is 12.4 Å². The maximum Gasteiger partial charge on any atom is 0.145 e. The minimum Gasteiger partial charge on any atom is -0.487 e. The molecule has 3 rings (SSSR count). The van der Waals surface area contributed by atoms with Gasteiger partial charge in [0.05, 0.1) is 6.20 Å². The number of hydrogen-bond acceptors (Lipinski definition) is 3. The first-order valence-electron chi connectivity index (χ1n) is 4.80. The third kappa shape index (κ3) is 1.24. The minimum absolute atomic E-state index is 0.569. The van der Waals surface area contributed by atoms with E-state index in [-0.39, 0.29) is 0 Å². The average molecular weight is 198 g/mol. The van der Waals surface area contributed by atoms with Crippen molar-refractivity contribution in [1.29, 1.82) is 0 Å². The molecule has 3 nitrogen and oxygen atoms in total. The van der Waals surface area contributed by atoms with Gasteiger partial charge in [-0.15, -0.1) is 0 Å². The van der Waals surface area contributed by atoms with E-state index in [4.69, 9.17) is 10.5 Å². The van der Waals surface area contributed by atoms with E-state index < -0.39 is 0 Å². The zero-order valence-corrected chi connectivity index (χ0v) is 8.10. The molecule has 0 unspecified atom stereocenters. The smallest absolute Gasteiger partial charge is 0.145 e. The summed E-state index contributed by atoms with van der Waals surface area (Å²) in [4.78, 5) is 4.04. The molecule has 0 spiro atoms. The Morgan fingerprint density at radius 2 is 2.13 bits per heavy atom. The summed E-state index contributed by atoms with van der Waals surface area (Å²) < 4.78 is 5.59. The van der Waals surface area contributed by atoms with Gasteiger partial charge in [0.15, 0.2) is 0 Å². The van der Waals surface area contributed by atoms with E-state index in [0.29, 0.717) is 6.61 Å². The van der Waals surface area contributed by atoms with Gasteiger partial charge in [0.2, 0.25) is 0 Å². The van der Waals surface area contributed by atoms with Crippen molar-refractivity contribution in [3.05, 3.63) is 42.2 Å². The Morgan fingerprint density at radius 1 is 1.20 bits per heavy atom. The molecule has 0 saturated carbocycles. The monoisotopic (exact) mass is 198 g/mol. The number of nitrogens with two attached hydrogens (primary N) is 1. The van der Waals surface area contributed by atoms with Crippen LogP contribution in [0.15, 0.2) is 36.7 Å². The molecule has 1 aliphatic rings. The molecule has 3 heteroatoms. The molecule has 1 aromatic carbocycles. The molecule has 0 fully saturated rings. The van der Waals surface area contributed by atoms with E-state index in [0.717, 1.165) is 22.6 Å². The SMILES string of the molecule is Nc1ccc2c(c1)COc1cnccc1-2. The third-order valence-electron chi connectivity index (χ3n) is 2.59. The second-order valence-electron chi connectivity index (χ2n) is 3.58. The number of nitrogen functional groups attached to an aromatic ring is 1. The maximum absolute atomic E-state index is 5.73. The number of hydrogen-bond donors (Lipinski definition) is 1. The minimum atomic E-state index is 0.569. The molecule has 0 radical (unpaired) electrons. The molecule has 2 heterocycles. The van der Waals surface area contributed by atoms with E-state index in [9.17, 15) is 0 Å². The maximum atomic E-state index is 5.73. The van der Waals surface area contributed by atoms with Crippen molar-refractivity contribution < 1.29 is 4.74 Å². The van der Waals surface area contributed by atoms with Gasteiger partial charge in [-0.25, -0.2) is 0 Å². The van der Waals surface area contributed by atoms with Crippen molar-refractivity contribution >= 4 is 5.69 Å². The second-order valence-corrected chi connectivity index (χ2v) is 3.58. The number of anilines is 1. The molecule has 1 aromatic heterocycles. The van der Waals surface area contributed by atoms with Gasteiger partial charge in [-0.05, 0) is 29.3 Å². The first kappa shape index (κ1) is 8.29. The van der Waals surface area contributed by atoms with Crippen LogP contribution in [-0.2, 0) is 6.61 Å². The molecule has 0 atom stereocenters. The second kappa shape index (κ2) is 2.98. The van der Waals surface area contributed by atoms with Crippen LogP contribution in [0.25, 0.3) is 11.1 Å². The average Bonchev–Trinajstić information content (AvgIpc) is 2.28. The Kier molecular flexibility index (Phi) is 1.65. The van der Waals surface area contributed by atoms with Gasteiger partial charge in [-0.2, -0.15) is 0 Å². The summed E-state index contributed by atoms with van der Waals surface area (Å²) in [5, 5.41) is 0. The van der Waals surface area contributed by atoms with E-state index in [1.165, 1.54) is 5.56 Å². The quantitative estimate of drug-likeness (QED) is 0.660. The largest absolute Gasteiger partial charge is 0.487 e. The topological polar surface area (TPSA) is 48.1 Å².